The SMILES string of the molecule is N#CC(O)(c1ccccc1)[P+](c1ccccc1)(c1ccccc1)c1ccccc1. The molecule has 2 nitrogen and oxygen atoms in total. The van der Waals surface area contributed by atoms with E-state index in [1.807, 2.05) is 121 Å². The van der Waals surface area contributed by atoms with Crippen molar-refractivity contribution in [1.29, 1.82) is 5.26 Å². The first-order chi connectivity index (χ1) is 14.2. The smallest absolute Gasteiger partial charge is 0.301 e. The van der Waals surface area contributed by atoms with Crippen molar-refractivity contribution in [2.24, 2.45) is 0 Å². The highest BCUT2D eigenvalue weighted by molar-refractivity contribution is 7.96. The predicted molar refractivity (Wildman–Crippen MR) is 121 cm³/mol. The first-order valence-corrected chi connectivity index (χ1v) is 11.3. The minimum Gasteiger partial charge on any atom is -0.341 e. The molecule has 4 aromatic carbocycles. The number of benzene rings is 4. The van der Waals surface area contributed by atoms with Crippen LogP contribution in [0.2, 0.25) is 0 Å². The summed E-state index contributed by atoms with van der Waals surface area (Å²) >= 11 is 0. The molecule has 0 aliphatic carbocycles. The van der Waals surface area contributed by atoms with Crippen LogP contribution in [0, 0.1) is 11.3 Å². The van der Waals surface area contributed by atoms with E-state index in [2.05, 4.69) is 6.07 Å². The molecule has 4 rings (SSSR count). The molecule has 0 saturated heterocycles. The Kier molecular flexibility index (Phi) is 5.28. The molecular weight excluding hydrogens is 373 g/mol. The molecule has 0 heterocycles. The van der Waals surface area contributed by atoms with Gasteiger partial charge in [0.15, 0.2) is 7.26 Å². The van der Waals surface area contributed by atoms with Gasteiger partial charge in [-0.2, -0.15) is 5.26 Å². The molecule has 29 heavy (non-hydrogen) atoms. The van der Waals surface area contributed by atoms with Gasteiger partial charge >= 0.3 is 5.34 Å². The van der Waals surface area contributed by atoms with Gasteiger partial charge in [0.1, 0.15) is 22.0 Å². The summed E-state index contributed by atoms with van der Waals surface area (Å²) in [5.74, 6) is 0. The number of hydrogen-bond acceptors (Lipinski definition) is 2. The molecule has 1 atom stereocenters. The van der Waals surface area contributed by atoms with Crippen molar-refractivity contribution in [3.05, 3.63) is 127 Å². The number of hydrogen-bond donors (Lipinski definition) is 1. The molecule has 0 amide bonds. The Morgan fingerprint density at radius 3 is 1.17 bits per heavy atom. The fourth-order valence-electron chi connectivity index (χ4n) is 3.97. The van der Waals surface area contributed by atoms with E-state index in [0.29, 0.717) is 5.56 Å². The quantitative estimate of drug-likeness (QED) is 0.404. The van der Waals surface area contributed by atoms with Crippen molar-refractivity contribution < 1.29 is 5.11 Å². The standard InChI is InChI=1S/C26H21NOP/c27-21-26(28,22-13-5-1-6-14-22)29(23-15-7-2-8-16-23,24-17-9-3-10-18-24)25-19-11-4-12-20-25/h1-20,28H/q+1. The van der Waals surface area contributed by atoms with Gasteiger partial charge in [0.05, 0.1) is 0 Å². The third kappa shape index (κ3) is 3.06. The summed E-state index contributed by atoms with van der Waals surface area (Å²) in [6, 6.07) is 41.5. The second-order valence-corrected chi connectivity index (χ2v) is 10.4. The summed E-state index contributed by atoms with van der Waals surface area (Å²) in [7, 11) is -2.80. The molecule has 0 spiro atoms. The van der Waals surface area contributed by atoms with E-state index in [0.717, 1.165) is 15.9 Å². The summed E-state index contributed by atoms with van der Waals surface area (Å²) in [5.41, 5.74) is 0.604. The number of aliphatic hydroxyl groups is 1. The van der Waals surface area contributed by atoms with Crippen molar-refractivity contribution in [2.75, 3.05) is 0 Å². The lowest BCUT2D eigenvalue weighted by Gasteiger charge is -2.36. The summed E-state index contributed by atoms with van der Waals surface area (Å²) in [4.78, 5) is 0. The van der Waals surface area contributed by atoms with Crippen molar-refractivity contribution in [1.82, 2.24) is 0 Å². The minimum atomic E-state index is -2.80. The van der Waals surface area contributed by atoms with Gasteiger partial charge in [0, 0.05) is 5.56 Å². The molecule has 0 aromatic heterocycles. The van der Waals surface area contributed by atoms with Crippen molar-refractivity contribution in [2.45, 2.75) is 5.34 Å². The average molecular weight is 394 g/mol. The molecule has 0 fully saturated rings. The largest absolute Gasteiger partial charge is 0.341 e. The maximum Gasteiger partial charge on any atom is 0.301 e. The van der Waals surface area contributed by atoms with E-state index < -0.39 is 12.6 Å². The van der Waals surface area contributed by atoms with Crippen LogP contribution in [0.15, 0.2) is 121 Å². The fraction of sp³-hybridized carbons (Fsp3) is 0.0385. The summed E-state index contributed by atoms with van der Waals surface area (Å²) in [6.07, 6.45) is 0. The Morgan fingerprint density at radius 2 is 0.862 bits per heavy atom. The molecule has 0 radical (unpaired) electrons. The zero-order valence-electron chi connectivity index (χ0n) is 15.9. The molecule has 1 unspecified atom stereocenters. The monoisotopic (exact) mass is 394 g/mol. The number of rotatable bonds is 5. The molecular formula is C26H21NOP+. The third-order valence-corrected chi connectivity index (χ3v) is 9.80. The van der Waals surface area contributed by atoms with Crippen LogP contribution < -0.4 is 15.9 Å². The average Bonchev–Trinajstić information content (AvgIpc) is 2.82. The molecule has 0 aliphatic rings. The van der Waals surface area contributed by atoms with Crippen molar-refractivity contribution in [3.63, 3.8) is 0 Å². The molecule has 1 N–H and O–H groups in total. The second kappa shape index (κ2) is 8.02. The van der Waals surface area contributed by atoms with E-state index >= 15 is 0 Å². The van der Waals surface area contributed by atoms with E-state index in [4.69, 9.17) is 0 Å². The highest BCUT2D eigenvalue weighted by Crippen LogP contribution is 2.68. The molecule has 0 saturated carbocycles. The molecule has 0 bridgehead atoms. The van der Waals surface area contributed by atoms with E-state index in [1.54, 1.807) is 0 Å². The number of nitriles is 1. The molecule has 140 valence electrons. The van der Waals surface area contributed by atoms with Gasteiger partial charge in [-0.1, -0.05) is 84.9 Å². The van der Waals surface area contributed by atoms with Crippen LogP contribution in [0.1, 0.15) is 5.56 Å². The Labute approximate surface area is 172 Å². The zero-order valence-corrected chi connectivity index (χ0v) is 16.8. The lowest BCUT2D eigenvalue weighted by Crippen LogP contribution is -2.45. The van der Waals surface area contributed by atoms with Gasteiger partial charge in [-0.05, 0) is 36.4 Å². The summed E-state index contributed by atoms with van der Waals surface area (Å²) in [6.45, 7) is 0. The first-order valence-electron chi connectivity index (χ1n) is 9.48. The van der Waals surface area contributed by atoms with Crippen LogP contribution >= 0.6 is 7.26 Å². The fourth-order valence-corrected chi connectivity index (χ4v) is 8.53. The van der Waals surface area contributed by atoms with Crippen LogP contribution in [-0.2, 0) is 5.34 Å². The van der Waals surface area contributed by atoms with Gasteiger partial charge in [-0.25, -0.2) is 0 Å². The second-order valence-electron chi connectivity index (χ2n) is 6.83. The summed E-state index contributed by atoms with van der Waals surface area (Å²) < 4.78 is 0. The van der Waals surface area contributed by atoms with Gasteiger partial charge in [0.2, 0.25) is 0 Å². The third-order valence-electron chi connectivity index (χ3n) is 5.25. The van der Waals surface area contributed by atoms with Crippen LogP contribution in [0.3, 0.4) is 0 Å². The Morgan fingerprint density at radius 1 is 0.552 bits per heavy atom. The maximum absolute atomic E-state index is 12.3. The van der Waals surface area contributed by atoms with E-state index in [1.165, 1.54) is 0 Å². The van der Waals surface area contributed by atoms with Crippen LogP contribution in [0.5, 0.6) is 0 Å². The Bertz CT molecular complexity index is 1010. The predicted octanol–water partition coefficient (Wildman–Crippen LogP) is 4.35. The van der Waals surface area contributed by atoms with Crippen LogP contribution in [0.4, 0.5) is 0 Å². The highest BCUT2D eigenvalue weighted by atomic mass is 31.2. The summed E-state index contributed by atoms with van der Waals surface area (Å²) in [5, 5.41) is 23.9. The Hall–Kier alpha value is -3.24. The normalized spacial score (nSPS) is 13.2. The number of nitrogens with zero attached hydrogens (tertiary/aromatic N) is 1. The van der Waals surface area contributed by atoms with Crippen LogP contribution in [0.25, 0.3) is 0 Å². The molecule has 0 aliphatic heterocycles. The van der Waals surface area contributed by atoms with Crippen molar-refractivity contribution in [3.8, 4) is 6.07 Å². The van der Waals surface area contributed by atoms with E-state index in [-0.39, 0.29) is 0 Å². The van der Waals surface area contributed by atoms with Gasteiger partial charge < -0.3 is 5.11 Å². The first kappa shape index (κ1) is 19.1. The van der Waals surface area contributed by atoms with Crippen molar-refractivity contribution >= 4 is 23.2 Å². The minimum absolute atomic E-state index is 0.604. The molecule has 3 heteroatoms. The van der Waals surface area contributed by atoms with Gasteiger partial charge in [0.25, 0.3) is 0 Å². The van der Waals surface area contributed by atoms with Gasteiger partial charge in [-0.3, -0.25) is 0 Å². The Balaban J connectivity index is 2.19. The van der Waals surface area contributed by atoms with Gasteiger partial charge in [-0.15, -0.1) is 0 Å². The lowest BCUT2D eigenvalue weighted by molar-refractivity contribution is 0.191. The molecule has 4 aromatic rings. The van der Waals surface area contributed by atoms with Crippen LogP contribution in [-0.4, -0.2) is 5.11 Å². The topological polar surface area (TPSA) is 44.0 Å². The zero-order chi connectivity index (χ0) is 20.2. The van der Waals surface area contributed by atoms with E-state index in [9.17, 15) is 10.4 Å². The lowest BCUT2D eigenvalue weighted by atomic mass is 10.1. The highest BCUT2D eigenvalue weighted by Gasteiger charge is 2.64. The maximum atomic E-state index is 12.3.